The van der Waals surface area contributed by atoms with Gasteiger partial charge in [-0.25, -0.2) is 0 Å². The van der Waals surface area contributed by atoms with Crippen LogP contribution in [0.3, 0.4) is 0 Å². The Bertz CT molecular complexity index is 545. The van der Waals surface area contributed by atoms with Crippen molar-refractivity contribution in [2.75, 3.05) is 0 Å². The Morgan fingerprint density at radius 1 is 1.05 bits per heavy atom. The van der Waals surface area contributed by atoms with Crippen molar-refractivity contribution >= 4 is 0 Å². The molecule has 5 rings (SSSR count). The number of fused-ring (bicyclic) bond motifs is 3. The summed E-state index contributed by atoms with van der Waals surface area (Å²) in [5.41, 5.74) is 4.89. The van der Waals surface area contributed by atoms with Gasteiger partial charge in [-0.15, -0.1) is 0 Å². The third kappa shape index (κ3) is 1.14. The molecule has 1 aromatic carbocycles. The Kier molecular flexibility index (Phi) is 1.88. The Labute approximate surface area is 116 Å². The minimum atomic E-state index is 0.713. The van der Waals surface area contributed by atoms with Crippen LogP contribution in [0, 0.1) is 22.7 Å². The Morgan fingerprint density at radius 2 is 1.89 bits per heavy atom. The van der Waals surface area contributed by atoms with Crippen LogP contribution in [0.25, 0.3) is 0 Å². The fourth-order valence-electron chi connectivity index (χ4n) is 6.73. The van der Waals surface area contributed by atoms with Crippen molar-refractivity contribution in [3.05, 3.63) is 35.4 Å². The summed E-state index contributed by atoms with van der Waals surface area (Å²) in [4.78, 5) is 0. The quantitative estimate of drug-likeness (QED) is 0.614. The number of hydrogen-bond acceptors (Lipinski definition) is 0. The Balaban J connectivity index is 1.62. The molecule has 1 aromatic rings. The van der Waals surface area contributed by atoms with Crippen LogP contribution >= 0.6 is 0 Å². The molecule has 0 aliphatic heterocycles. The summed E-state index contributed by atoms with van der Waals surface area (Å²) < 4.78 is 0. The number of hydrogen-bond donors (Lipinski definition) is 0. The molecular weight excluding hydrogens is 228 g/mol. The van der Waals surface area contributed by atoms with E-state index in [9.17, 15) is 0 Å². The zero-order valence-electron chi connectivity index (χ0n) is 12.0. The molecule has 0 amide bonds. The minimum Gasteiger partial charge on any atom is -0.0620 e. The molecule has 100 valence electrons. The van der Waals surface area contributed by atoms with Crippen molar-refractivity contribution in [1.82, 2.24) is 0 Å². The van der Waals surface area contributed by atoms with E-state index in [1.165, 1.54) is 32.1 Å². The van der Waals surface area contributed by atoms with Gasteiger partial charge in [-0.1, -0.05) is 31.2 Å². The average Bonchev–Trinajstić information content (AvgIpc) is 3.10. The lowest BCUT2D eigenvalue weighted by atomic mass is 9.53. The molecule has 0 N–H and O–H groups in total. The van der Waals surface area contributed by atoms with Crippen LogP contribution in [0.15, 0.2) is 24.3 Å². The first kappa shape index (κ1) is 10.9. The number of aryl methyl sites for hydroxylation is 1. The summed E-state index contributed by atoms with van der Waals surface area (Å²) in [7, 11) is 0. The highest BCUT2D eigenvalue weighted by Crippen LogP contribution is 2.81. The lowest BCUT2D eigenvalue weighted by Gasteiger charge is -2.51. The Morgan fingerprint density at radius 3 is 2.79 bits per heavy atom. The third-order valence-electron chi connectivity index (χ3n) is 7.65. The zero-order valence-corrected chi connectivity index (χ0v) is 12.0. The van der Waals surface area contributed by atoms with Gasteiger partial charge in [-0.05, 0) is 84.7 Å². The van der Waals surface area contributed by atoms with Crippen molar-refractivity contribution in [2.45, 2.75) is 57.8 Å². The van der Waals surface area contributed by atoms with Crippen molar-refractivity contribution in [1.29, 1.82) is 0 Å². The van der Waals surface area contributed by atoms with Gasteiger partial charge in [0.1, 0.15) is 0 Å². The second-order valence-corrected chi connectivity index (χ2v) is 8.03. The van der Waals surface area contributed by atoms with Crippen LogP contribution in [-0.4, -0.2) is 0 Å². The molecule has 0 saturated heterocycles. The average molecular weight is 252 g/mol. The van der Waals surface area contributed by atoms with E-state index in [0.29, 0.717) is 5.41 Å². The van der Waals surface area contributed by atoms with E-state index < -0.39 is 0 Å². The van der Waals surface area contributed by atoms with Gasteiger partial charge in [-0.2, -0.15) is 0 Å². The molecule has 0 radical (unpaired) electrons. The molecule has 4 aliphatic rings. The molecule has 0 heterocycles. The summed E-state index contributed by atoms with van der Waals surface area (Å²) in [6.07, 6.45) is 10.4. The summed E-state index contributed by atoms with van der Waals surface area (Å²) in [5, 5.41) is 0. The molecule has 3 saturated carbocycles. The van der Waals surface area contributed by atoms with Crippen LogP contribution in [0.1, 0.15) is 62.5 Å². The van der Waals surface area contributed by atoms with Crippen LogP contribution in [-0.2, 0) is 6.42 Å². The summed E-state index contributed by atoms with van der Waals surface area (Å²) in [6, 6.07) is 9.33. The number of rotatable bonds is 0. The monoisotopic (exact) mass is 252 g/mol. The summed E-state index contributed by atoms with van der Waals surface area (Å²) >= 11 is 0. The highest BCUT2D eigenvalue weighted by Gasteiger charge is 2.73. The van der Waals surface area contributed by atoms with Gasteiger partial charge >= 0.3 is 0 Å². The predicted molar refractivity (Wildman–Crippen MR) is 78.1 cm³/mol. The molecule has 0 aromatic heterocycles. The first-order valence-electron chi connectivity index (χ1n) is 8.32. The molecular formula is C19H24. The molecule has 19 heavy (non-hydrogen) atoms. The van der Waals surface area contributed by atoms with Crippen molar-refractivity contribution in [3.63, 3.8) is 0 Å². The molecule has 5 atom stereocenters. The van der Waals surface area contributed by atoms with Crippen molar-refractivity contribution < 1.29 is 0 Å². The van der Waals surface area contributed by atoms with Crippen LogP contribution in [0.5, 0.6) is 0 Å². The van der Waals surface area contributed by atoms with E-state index in [1.54, 1.807) is 24.0 Å². The molecule has 0 unspecified atom stereocenters. The molecule has 1 spiro atoms. The van der Waals surface area contributed by atoms with E-state index in [4.69, 9.17) is 0 Å². The Hall–Kier alpha value is -0.780. The largest absolute Gasteiger partial charge is 0.0620 e. The van der Waals surface area contributed by atoms with Gasteiger partial charge in [0.25, 0.3) is 0 Å². The SMILES string of the molecule is C[C@@]12CC[C@H]3C[C@]31[C@@H]1CCc3ccccc3[C@H]1CC2. The topological polar surface area (TPSA) is 0 Å². The first-order valence-corrected chi connectivity index (χ1v) is 8.32. The maximum Gasteiger partial charge on any atom is -0.0125 e. The normalized spacial score (nSPS) is 49.8. The highest BCUT2D eigenvalue weighted by atomic mass is 14.8. The van der Waals surface area contributed by atoms with E-state index in [2.05, 4.69) is 31.2 Å². The van der Waals surface area contributed by atoms with Crippen molar-refractivity contribution in [3.8, 4) is 0 Å². The van der Waals surface area contributed by atoms with E-state index in [-0.39, 0.29) is 0 Å². The fraction of sp³-hybridized carbons (Fsp3) is 0.684. The molecule has 3 fully saturated rings. The van der Waals surface area contributed by atoms with Gasteiger partial charge < -0.3 is 0 Å². The first-order chi connectivity index (χ1) is 9.25. The maximum absolute atomic E-state index is 2.64. The van der Waals surface area contributed by atoms with Gasteiger partial charge in [0.05, 0.1) is 0 Å². The molecule has 0 nitrogen and oxygen atoms in total. The van der Waals surface area contributed by atoms with Gasteiger partial charge in [0, 0.05) is 0 Å². The van der Waals surface area contributed by atoms with E-state index >= 15 is 0 Å². The highest BCUT2D eigenvalue weighted by molar-refractivity contribution is 5.37. The zero-order chi connectivity index (χ0) is 12.7. The fourth-order valence-corrected chi connectivity index (χ4v) is 6.73. The lowest BCUT2D eigenvalue weighted by Crippen LogP contribution is -2.43. The van der Waals surface area contributed by atoms with E-state index in [1.807, 2.05) is 0 Å². The standard InChI is InChI=1S/C19H24/c1-18-10-8-14-12-19(14,18)17-7-6-13-4-2-3-5-15(13)16(17)9-11-18/h2-5,14,16-17H,6-12H2,1H3/t14-,16+,17+,18-,19+/m0/s1. The summed E-state index contributed by atoms with van der Waals surface area (Å²) in [6.45, 7) is 2.64. The minimum absolute atomic E-state index is 0.713. The lowest BCUT2D eigenvalue weighted by molar-refractivity contribution is 0.0206. The maximum atomic E-state index is 2.64. The van der Waals surface area contributed by atoms with Crippen LogP contribution < -0.4 is 0 Å². The third-order valence-corrected chi connectivity index (χ3v) is 7.65. The van der Waals surface area contributed by atoms with Gasteiger partial charge in [0.15, 0.2) is 0 Å². The van der Waals surface area contributed by atoms with Crippen molar-refractivity contribution in [2.24, 2.45) is 22.7 Å². The van der Waals surface area contributed by atoms with Gasteiger partial charge in [0.2, 0.25) is 0 Å². The van der Waals surface area contributed by atoms with Gasteiger partial charge in [-0.3, -0.25) is 0 Å². The smallest absolute Gasteiger partial charge is 0.0125 e. The molecule has 0 heteroatoms. The van der Waals surface area contributed by atoms with E-state index in [0.717, 1.165) is 23.2 Å². The molecule has 4 aliphatic carbocycles. The predicted octanol–water partition coefficient (Wildman–Crippen LogP) is 4.93. The van der Waals surface area contributed by atoms with Crippen LogP contribution in [0.4, 0.5) is 0 Å². The molecule has 0 bridgehead atoms. The number of benzene rings is 1. The van der Waals surface area contributed by atoms with Crippen LogP contribution in [0.2, 0.25) is 0 Å². The second-order valence-electron chi connectivity index (χ2n) is 8.03. The second kappa shape index (κ2) is 3.27. The summed E-state index contributed by atoms with van der Waals surface area (Å²) in [5.74, 6) is 3.03.